The maximum absolute atomic E-state index is 12.4. The molecule has 7 nitrogen and oxygen atoms in total. The van der Waals surface area contributed by atoms with Crippen LogP contribution >= 0.6 is 0 Å². The van der Waals surface area contributed by atoms with Crippen LogP contribution in [0.25, 0.3) is 0 Å². The summed E-state index contributed by atoms with van der Waals surface area (Å²) in [7, 11) is 3.29. The van der Waals surface area contributed by atoms with Gasteiger partial charge in [-0.3, -0.25) is 14.5 Å². The van der Waals surface area contributed by atoms with Crippen LogP contribution in [0.4, 0.5) is 0 Å². The first-order valence-electron chi connectivity index (χ1n) is 8.88. The lowest BCUT2D eigenvalue weighted by atomic mass is 10.00. The van der Waals surface area contributed by atoms with Crippen molar-refractivity contribution in [1.82, 2.24) is 15.1 Å². The summed E-state index contributed by atoms with van der Waals surface area (Å²) in [4.78, 5) is 28.2. The van der Waals surface area contributed by atoms with Crippen LogP contribution in [0.15, 0.2) is 12.1 Å². The number of rotatable bonds is 7. The predicted molar refractivity (Wildman–Crippen MR) is 99.0 cm³/mol. The number of benzene rings is 1. The minimum absolute atomic E-state index is 0.0901. The number of likely N-dealkylation sites (N-methyl/N-ethyl adjacent to an activating group) is 1. The second kappa shape index (κ2) is 9.00. The lowest BCUT2D eigenvalue weighted by molar-refractivity contribution is -0.138. The first kappa shape index (κ1) is 20.2. The number of piperazine rings is 1. The molecule has 1 aromatic carbocycles. The molecule has 0 unspecified atom stereocenters. The Balaban J connectivity index is 2.16. The van der Waals surface area contributed by atoms with Gasteiger partial charge in [-0.05, 0) is 36.6 Å². The molecule has 144 valence electrons. The Labute approximate surface area is 154 Å². The molecule has 2 amide bonds. The number of nitrogens with zero attached hydrogens (tertiary/aromatic N) is 2. The Bertz CT molecular complexity index is 662. The van der Waals surface area contributed by atoms with Gasteiger partial charge in [-0.25, -0.2) is 0 Å². The van der Waals surface area contributed by atoms with Crippen LogP contribution in [0.1, 0.15) is 23.1 Å². The molecule has 2 N–H and O–H groups in total. The van der Waals surface area contributed by atoms with Crippen molar-refractivity contribution in [3.63, 3.8) is 0 Å². The summed E-state index contributed by atoms with van der Waals surface area (Å²) < 4.78 is 5.36. The van der Waals surface area contributed by atoms with Gasteiger partial charge in [0.25, 0.3) is 0 Å². The van der Waals surface area contributed by atoms with Crippen LogP contribution in [0.5, 0.6) is 5.75 Å². The minimum atomic E-state index is -0.501. The van der Waals surface area contributed by atoms with Crippen LogP contribution in [0, 0.1) is 13.8 Å². The molecule has 1 saturated heterocycles. The maximum atomic E-state index is 12.4. The number of carbonyl (C=O) groups is 2. The second-order valence-electron chi connectivity index (χ2n) is 6.70. The highest BCUT2D eigenvalue weighted by atomic mass is 16.5. The van der Waals surface area contributed by atoms with Gasteiger partial charge in [0.05, 0.1) is 26.2 Å². The second-order valence-corrected chi connectivity index (χ2v) is 6.70. The Kier molecular flexibility index (Phi) is 6.99. The van der Waals surface area contributed by atoms with E-state index in [2.05, 4.69) is 10.2 Å². The summed E-state index contributed by atoms with van der Waals surface area (Å²) in [5, 5.41) is 11.8. The molecule has 1 aromatic rings. The highest BCUT2D eigenvalue weighted by Crippen LogP contribution is 2.26. The predicted octanol–water partition coefficient (Wildman–Crippen LogP) is 0.453. The lowest BCUT2D eigenvalue weighted by Crippen LogP contribution is -2.56. The zero-order valence-electron chi connectivity index (χ0n) is 16.0. The number of amides is 2. The molecule has 0 radical (unpaired) electrons. The minimum Gasteiger partial charge on any atom is -0.496 e. The highest BCUT2D eigenvalue weighted by Gasteiger charge is 2.32. The zero-order valence-corrected chi connectivity index (χ0v) is 16.0. The van der Waals surface area contributed by atoms with E-state index in [-0.39, 0.29) is 31.4 Å². The molecule has 2 rings (SSSR count). The van der Waals surface area contributed by atoms with Crippen LogP contribution in [0.3, 0.4) is 0 Å². The van der Waals surface area contributed by atoms with Crippen molar-refractivity contribution in [2.45, 2.75) is 32.9 Å². The van der Waals surface area contributed by atoms with Gasteiger partial charge >= 0.3 is 0 Å². The van der Waals surface area contributed by atoms with Gasteiger partial charge < -0.3 is 20.1 Å². The first-order valence-corrected chi connectivity index (χ1v) is 8.88. The van der Waals surface area contributed by atoms with Crippen molar-refractivity contribution in [3.8, 4) is 5.75 Å². The van der Waals surface area contributed by atoms with Crippen molar-refractivity contribution < 1.29 is 19.4 Å². The molecular formula is C19H29N3O4. The highest BCUT2D eigenvalue weighted by molar-refractivity contribution is 5.88. The van der Waals surface area contributed by atoms with Crippen LogP contribution in [0.2, 0.25) is 0 Å². The lowest BCUT2D eigenvalue weighted by Gasteiger charge is -2.35. The molecule has 0 saturated carbocycles. The van der Waals surface area contributed by atoms with Crippen LogP contribution in [-0.2, 0) is 16.1 Å². The molecule has 0 bridgehead atoms. The van der Waals surface area contributed by atoms with Gasteiger partial charge in [0.15, 0.2) is 0 Å². The largest absolute Gasteiger partial charge is 0.496 e. The SMILES string of the molecule is COc1ccc(CN2CCNC(=O)[C@H]2CC(=O)N(C)CCO)c(C)c1C. The fourth-order valence-corrected chi connectivity index (χ4v) is 3.23. The number of carbonyl (C=O) groups excluding carboxylic acids is 2. The normalized spacial score (nSPS) is 17.7. The Morgan fingerprint density at radius 1 is 1.38 bits per heavy atom. The summed E-state index contributed by atoms with van der Waals surface area (Å²) in [6.07, 6.45) is 0.108. The summed E-state index contributed by atoms with van der Waals surface area (Å²) in [6.45, 7) is 6.11. The molecule has 1 atom stereocenters. The van der Waals surface area contributed by atoms with E-state index in [1.54, 1.807) is 14.2 Å². The molecule has 0 aliphatic carbocycles. The molecule has 1 aliphatic rings. The van der Waals surface area contributed by atoms with Crippen LogP contribution < -0.4 is 10.1 Å². The molecule has 1 aliphatic heterocycles. The molecule has 7 heteroatoms. The molecule has 0 spiro atoms. The molecular weight excluding hydrogens is 334 g/mol. The number of aliphatic hydroxyl groups is 1. The summed E-state index contributed by atoms with van der Waals surface area (Å²) >= 11 is 0. The van der Waals surface area contributed by atoms with E-state index in [1.807, 2.05) is 26.0 Å². The number of nitrogens with one attached hydrogen (secondary N) is 1. The molecule has 1 heterocycles. The third-order valence-electron chi connectivity index (χ3n) is 5.11. The van der Waals surface area contributed by atoms with Crippen molar-refractivity contribution >= 4 is 11.8 Å². The third-order valence-corrected chi connectivity index (χ3v) is 5.11. The van der Waals surface area contributed by atoms with Gasteiger partial charge in [-0.1, -0.05) is 6.07 Å². The fourth-order valence-electron chi connectivity index (χ4n) is 3.23. The third kappa shape index (κ3) is 4.53. The number of hydrogen-bond donors (Lipinski definition) is 2. The van der Waals surface area contributed by atoms with Crippen molar-refractivity contribution in [3.05, 3.63) is 28.8 Å². The standard InChI is InChI=1S/C19H29N3O4/c1-13-14(2)17(26-4)6-5-15(13)12-22-8-7-20-19(25)16(22)11-18(24)21(3)9-10-23/h5-6,16,23H,7-12H2,1-4H3,(H,20,25)/t16-/m1/s1. The summed E-state index contributed by atoms with van der Waals surface area (Å²) in [5.41, 5.74) is 3.35. The van der Waals surface area contributed by atoms with Crippen molar-refractivity contribution in [2.24, 2.45) is 0 Å². The van der Waals surface area contributed by atoms with E-state index in [4.69, 9.17) is 9.84 Å². The average Bonchev–Trinajstić information content (AvgIpc) is 2.62. The Morgan fingerprint density at radius 2 is 2.12 bits per heavy atom. The topological polar surface area (TPSA) is 82.1 Å². The molecule has 1 fully saturated rings. The molecule has 26 heavy (non-hydrogen) atoms. The number of hydrogen-bond acceptors (Lipinski definition) is 5. The smallest absolute Gasteiger partial charge is 0.237 e. The zero-order chi connectivity index (χ0) is 19.3. The van der Waals surface area contributed by atoms with E-state index in [0.717, 1.165) is 22.4 Å². The van der Waals surface area contributed by atoms with Gasteiger partial charge in [-0.15, -0.1) is 0 Å². The Hall–Kier alpha value is -2.12. The van der Waals surface area contributed by atoms with Gasteiger partial charge in [0, 0.05) is 33.2 Å². The van der Waals surface area contributed by atoms with E-state index in [0.29, 0.717) is 19.6 Å². The van der Waals surface area contributed by atoms with E-state index >= 15 is 0 Å². The quantitative estimate of drug-likeness (QED) is 0.735. The monoisotopic (exact) mass is 363 g/mol. The van der Waals surface area contributed by atoms with Crippen molar-refractivity contribution in [2.75, 3.05) is 40.4 Å². The summed E-state index contributed by atoms with van der Waals surface area (Å²) in [5.74, 6) is 0.582. The average molecular weight is 363 g/mol. The van der Waals surface area contributed by atoms with E-state index in [9.17, 15) is 9.59 Å². The fraction of sp³-hybridized carbons (Fsp3) is 0.579. The Morgan fingerprint density at radius 3 is 2.77 bits per heavy atom. The number of ether oxygens (including phenoxy) is 1. The first-order chi connectivity index (χ1) is 12.4. The van der Waals surface area contributed by atoms with Crippen LogP contribution in [-0.4, -0.2) is 73.2 Å². The van der Waals surface area contributed by atoms with Gasteiger partial charge in [0.1, 0.15) is 5.75 Å². The maximum Gasteiger partial charge on any atom is 0.237 e. The number of aliphatic hydroxyl groups excluding tert-OH is 1. The molecule has 0 aromatic heterocycles. The summed E-state index contributed by atoms with van der Waals surface area (Å²) in [6, 6.07) is 3.46. The van der Waals surface area contributed by atoms with E-state index < -0.39 is 6.04 Å². The van der Waals surface area contributed by atoms with Crippen molar-refractivity contribution in [1.29, 1.82) is 0 Å². The van der Waals surface area contributed by atoms with E-state index in [1.165, 1.54) is 4.90 Å². The number of methoxy groups -OCH3 is 1. The van der Waals surface area contributed by atoms with Gasteiger partial charge in [-0.2, -0.15) is 0 Å². The van der Waals surface area contributed by atoms with Gasteiger partial charge in [0.2, 0.25) is 11.8 Å².